The molecule has 0 saturated carbocycles. The highest BCUT2D eigenvalue weighted by molar-refractivity contribution is 5.92. The molecule has 2 aliphatic rings. The largest absolute Gasteiger partial charge is 0.468 e. The van der Waals surface area contributed by atoms with Gasteiger partial charge in [-0.05, 0) is 44.0 Å². The molecule has 0 unspecified atom stereocenters. The van der Waals surface area contributed by atoms with Crippen LogP contribution in [0, 0.1) is 5.92 Å². The number of carbonyl (C=O) groups is 1. The molecular formula is C19H24N4O3. The Morgan fingerprint density at radius 3 is 2.96 bits per heavy atom. The first-order chi connectivity index (χ1) is 12.6. The molecular weight excluding hydrogens is 332 g/mol. The van der Waals surface area contributed by atoms with Crippen LogP contribution in [0.15, 0.2) is 41.4 Å². The minimum atomic E-state index is -0.154. The molecule has 4 heterocycles. The molecule has 0 bridgehead atoms. The number of nitrogens with zero attached hydrogens (tertiary/aromatic N) is 4. The lowest BCUT2D eigenvalue weighted by atomic mass is 9.82. The zero-order valence-corrected chi connectivity index (χ0v) is 15.0. The van der Waals surface area contributed by atoms with E-state index in [1.54, 1.807) is 18.5 Å². The first kappa shape index (κ1) is 17.2. The molecule has 4 rings (SSSR count). The smallest absolute Gasteiger partial charge is 0.272 e. The van der Waals surface area contributed by atoms with E-state index in [1.165, 1.54) is 6.33 Å². The van der Waals surface area contributed by atoms with Gasteiger partial charge in [0.2, 0.25) is 0 Å². The Bertz CT molecular complexity index is 719. The fourth-order valence-corrected chi connectivity index (χ4v) is 3.86. The van der Waals surface area contributed by atoms with Crippen molar-refractivity contribution >= 4 is 5.91 Å². The molecule has 0 N–H and O–H groups in total. The van der Waals surface area contributed by atoms with E-state index in [-0.39, 0.29) is 11.5 Å². The van der Waals surface area contributed by atoms with Gasteiger partial charge in [0, 0.05) is 12.7 Å². The topological polar surface area (TPSA) is 71.7 Å². The SMILES string of the molecule is CN(Cc1ccco1)C[C@@H]1CCC2(CN(C(=O)c3ccncn3)C2)OC1. The third-order valence-electron chi connectivity index (χ3n) is 5.26. The average Bonchev–Trinajstić information content (AvgIpc) is 3.13. The van der Waals surface area contributed by atoms with E-state index in [1.807, 2.05) is 17.0 Å². The third-order valence-corrected chi connectivity index (χ3v) is 5.26. The van der Waals surface area contributed by atoms with Crippen LogP contribution in [0.3, 0.4) is 0 Å². The maximum Gasteiger partial charge on any atom is 0.272 e. The van der Waals surface area contributed by atoms with Gasteiger partial charge in [0.05, 0.1) is 32.5 Å². The molecule has 1 spiro atoms. The van der Waals surface area contributed by atoms with E-state index in [4.69, 9.17) is 9.15 Å². The van der Waals surface area contributed by atoms with E-state index in [0.717, 1.165) is 38.3 Å². The van der Waals surface area contributed by atoms with Gasteiger partial charge < -0.3 is 14.1 Å². The van der Waals surface area contributed by atoms with Gasteiger partial charge in [-0.2, -0.15) is 0 Å². The zero-order valence-electron chi connectivity index (χ0n) is 15.0. The molecule has 0 aliphatic carbocycles. The maximum atomic E-state index is 12.4. The first-order valence-corrected chi connectivity index (χ1v) is 9.04. The second-order valence-electron chi connectivity index (χ2n) is 7.43. The molecule has 1 atom stereocenters. The molecule has 7 heteroatoms. The van der Waals surface area contributed by atoms with Crippen LogP contribution < -0.4 is 0 Å². The van der Waals surface area contributed by atoms with Crippen molar-refractivity contribution in [3.05, 3.63) is 48.4 Å². The van der Waals surface area contributed by atoms with Gasteiger partial charge >= 0.3 is 0 Å². The van der Waals surface area contributed by atoms with Gasteiger partial charge in [-0.1, -0.05) is 0 Å². The van der Waals surface area contributed by atoms with Gasteiger partial charge in [-0.25, -0.2) is 9.97 Å². The highest BCUT2D eigenvalue weighted by Crippen LogP contribution is 2.36. The van der Waals surface area contributed by atoms with Crippen molar-refractivity contribution in [2.75, 3.05) is 33.3 Å². The Balaban J connectivity index is 1.23. The predicted molar refractivity (Wildman–Crippen MR) is 94.4 cm³/mol. The van der Waals surface area contributed by atoms with E-state index in [2.05, 4.69) is 21.9 Å². The molecule has 2 aromatic heterocycles. The summed E-state index contributed by atoms with van der Waals surface area (Å²) in [5.41, 5.74) is 0.293. The maximum absolute atomic E-state index is 12.4. The number of aromatic nitrogens is 2. The number of ether oxygens (including phenoxy) is 1. The number of hydrogen-bond donors (Lipinski definition) is 0. The van der Waals surface area contributed by atoms with E-state index in [0.29, 0.717) is 24.7 Å². The lowest BCUT2D eigenvalue weighted by Gasteiger charge is -2.52. The molecule has 26 heavy (non-hydrogen) atoms. The minimum absolute atomic E-state index is 0.0399. The summed E-state index contributed by atoms with van der Waals surface area (Å²) in [6.45, 7) is 3.86. The summed E-state index contributed by atoms with van der Waals surface area (Å²) in [5.74, 6) is 1.47. The summed E-state index contributed by atoms with van der Waals surface area (Å²) in [5, 5.41) is 0. The normalized spacial score (nSPS) is 21.8. The fraction of sp³-hybridized carbons (Fsp3) is 0.526. The summed E-state index contributed by atoms with van der Waals surface area (Å²) < 4.78 is 11.6. The molecule has 0 radical (unpaired) electrons. The fourth-order valence-electron chi connectivity index (χ4n) is 3.86. The van der Waals surface area contributed by atoms with Gasteiger partial charge in [-0.15, -0.1) is 0 Å². The third kappa shape index (κ3) is 3.64. The first-order valence-electron chi connectivity index (χ1n) is 9.04. The van der Waals surface area contributed by atoms with Crippen molar-refractivity contribution in [2.45, 2.75) is 25.0 Å². The second kappa shape index (κ2) is 7.17. The molecule has 2 saturated heterocycles. The Morgan fingerprint density at radius 2 is 2.31 bits per heavy atom. The minimum Gasteiger partial charge on any atom is -0.468 e. The van der Waals surface area contributed by atoms with Crippen LogP contribution in [0.2, 0.25) is 0 Å². The number of likely N-dealkylation sites (tertiary alicyclic amines) is 1. The second-order valence-corrected chi connectivity index (χ2v) is 7.43. The lowest BCUT2D eigenvalue weighted by molar-refractivity contribution is -0.168. The van der Waals surface area contributed by atoms with E-state index >= 15 is 0 Å². The number of rotatable bonds is 5. The van der Waals surface area contributed by atoms with Crippen molar-refractivity contribution < 1.29 is 13.9 Å². The standard InChI is InChI=1S/C19H24N4O3/c1-22(10-16-3-2-8-25-16)9-15-4-6-19(26-11-15)12-23(13-19)18(24)17-5-7-20-14-21-17/h2-3,5,7-8,14-15H,4,6,9-13H2,1H3/t15-/m0/s1. The van der Waals surface area contributed by atoms with Gasteiger partial charge in [0.25, 0.3) is 5.91 Å². The van der Waals surface area contributed by atoms with Crippen molar-refractivity contribution in [1.29, 1.82) is 0 Å². The Kier molecular flexibility index (Phi) is 4.74. The molecule has 0 aromatic carbocycles. The lowest BCUT2D eigenvalue weighted by Crippen LogP contribution is -2.66. The summed E-state index contributed by atoms with van der Waals surface area (Å²) in [4.78, 5) is 24.4. The average molecular weight is 356 g/mol. The Morgan fingerprint density at radius 1 is 1.42 bits per heavy atom. The molecule has 7 nitrogen and oxygen atoms in total. The van der Waals surface area contributed by atoms with Gasteiger partial charge in [-0.3, -0.25) is 9.69 Å². The number of carbonyl (C=O) groups excluding carboxylic acids is 1. The predicted octanol–water partition coefficient (Wildman–Crippen LogP) is 1.82. The molecule has 2 fully saturated rings. The highest BCUT2D eigenvalue weighted by atomic mass is 16.5. The number of furan rings is 1. The summed E-state index contributed by atoms with van der Waals surface area (Å²) >= 11 is 0. The Labute approximate surface area is 153 Å². The Hall–Kier alpha value is -2.25. The van der Waals surface area contributed by atoms with Crippen LogP contribution >= 0.6 is 0 Å². The number of amides is 1. The van der Waals surface area contributed by atoms with Gasteiger partial charge in [0.1, 0.15) is 23.4 Å². The summed E-state index contributed by atoms with van der Waals surface area (Å²) in [6.07, 6.45) is 6.83. The number of hydrogen-bond acceptors (Lipinski definition) is 6. The zero-order chi connectivity index (χ0) is 18.0. The van der Waals surface area contributed by atoms with Crippen LogP contribution in [-0.2, 0) is 11.3 Å². The van der Waals surface area contributed by atoms with E-state index < -0.39 is 0 Å². The summed E-state index contributed by atoms with van der Waals surface area (Å²) in [6, 6.07) is 5.57. The van der Waals surface area contributed by atoms with Crippen LogP contribution in [-0.4, -0.2) is 64.6 Å². The molecule has 138 valence electrons. The van der Waals surface area contributed by atoms with Crippen molar-refractivity contribution in [1.82, 2.24) is 19.8 Å². The van der Waals surface area contributed by atoms with Gasteiger partial charge in [0.15, 0.2) is 0 Å². The summed E-state index contributed by atoms with van der Waals surface area (Å²) in [7, 11) is 2.11. The van der Waals surface area contributed by atoms with Crippen LogP contribution in [0.4, 0.5) is 0 Å². The molecule has 1 amide bonds. The highest BCUT2D eigenvalue weighted by Gasteiger charge is 2.48. The van der Waals surface area contributed by atoms with Crippen molar-refractivity contribution in [2.24, 2.45) is 5.92 Å². The molecule has 2 aromatic rings. The quantitative estimate of drug-likeness (QED) is 0.814. The van der Waals surface area contributed by atoms with Crippen LogP contribution in [0.25, 0.3) is 0 Å². The molecule has 2 aliphatic heterocycles. The van der Waals surface area contributed by atoms with Crippen molar-refractivity contribution in [3.63, 3.8) is 0 Å². The van der Waals surface area contributed by atoms with Crippen molar-refractivity contribution in [3.8, 4) is 0 Å². The monoisotopic (exact) mass is 356 g/mol. The van der Waals surface area contributed by atoms with E-state index in [9.17, 15) is 4.79 Å². The van der Waals surface area contributed by atoms with Crippen LogP contribution in [0.5, 0.6) is 0 Å². The van der Waals surface area contributed by atoms with Crippen LogP contribution in [0.1, 0.15) is 29.1 Å².